The second-order valence-corrected chi connectivity index (χ2v) is 11.3. The van der Waals surface area contributed by atoms with Crippen molar-refractivity contribution in [3.8, 4) is 11.5 Å². The van der Waals surface area contributed by atoms with E-state index < -0.39 is 0 Å². The summed E-state index contributed by atoms with van der Waals surface area (Å²) in [6.07, 6.45) is 15.6. The summed E-state index contributed by atoms with van der Waals surface area (Å²) in [6, 6.07) is 13.5. The summed E-state index contributed by atoms with van der Waals surface area (Å²) in [5.41, 5.74) is 3.66. The molecule has 2 aromatic carbocycles. The Hall–Kier alpha value is -2.12. The number of carbonyl (C=O) groups is 1. The van der Waals surface area contributed by atoms with Crippen LogP contribution >= 0.6 is 28.7 Å². The molecule has 0 saturated carbocycles. The van der Waals surface area contributed by atoms with Crippen LogP contribution in [-0.4, -0.2) is 30.4 Å². The Bertz CT molecular complexity index is 1050. The molecule has 0 aromatic heterocycles. The Balaban J connectivity index is 0.00000560. The zero-order valence-corrected chi connectivity index (χ0v) is 27.2. The minimum atomic E-state index is -0.186. The van der Waals surface area contributed by atoms with E-state index in [-0.39, 0.29) is 22.9 Å². The number of amides is 1. The van der Waals surface area contributed by atoms with Gasteiger partial charge in [-0.2, -0.15) is 0 Å². The van der Waals surface area contributed by atoms with Gasteiger partial charge in [0.15, 0.2) is 11.5 Å². The number of methoxy groups -OCH3 is 1. The van der Waals surface area contributed by atoms with Crippen molar-refractivity contribution < 1.29 is 14.3 Å². The Kier molecular flexibility index (Phi) is 16.9. The van der Waals surface area contributed by atoms with Gasteiger partial charge in [0.25, 0.3) is 5.91 Å². The van der Waals surface area contributed by atoms with Crippen LogP contribution in [0.1, 0.15) is 107 Å². The predicted molar refractivity (Wildman–Crippen MR) is 176 cm³/mol. The van der Waals surface area contributed by atoms with Crippen molar-refractivity contribution in [2.45, 2.75) is 97.4 Å². The normalized spacial score (nSPS) is 12.6. The molecular weight excluding hydrogens is 584 g/mol. The summed E-state index contributed by atoms with van der Waals surface area (Å²) < 4.78 is 11.7. The number of ether oxygens (including phenoxy) is 2. The molecule has 1 N–H and O–H groups in total. The summed E-state index contributed by atoms with van der Waals surface area (Å²) in [6.45, 7) is 5.73. The van der Waals surface area contributed by atoms with Crippen LogP contribution in [0.15, 0.2) is 53.6 Å². The van der Waals surface area contributed by atoms with Gasteiger partial charge in [-0.15, -0.1) is 28.7 Å². The average molecular weight is 634 g/mol. The topological polar surface area (TPSA) is 50.8 Å². The number of allylic oxidation sites excluding steroid dienone is 1. The molecule has 0 spiro atoms. The quantitative estimate of drug-likeness (QED) is 0.156. The number of nitrogens with one attached hydrogen (secondary N) is 1. The van der Waals surface area contributed by atoms with E-state index >= 15 is 0 Å². The molecule has 5 nitrogen and oxygen atoms in total. The van der Waals surface area contributed by atoms with E-state index in [9.17, 15) is 4.79 Å². The van der Waals surface area contributed by atoms with Crippen molar-refractivity contribution in [2.75, 3.05) is 24.9 Å². The number of halogens is 1. The fourth-order valence-corrected chi connectivity index (χ4v) is 5.83. The molecule has 0 bridgehead atoms. The Morgan fingerprint density at radius 3 is 2.17 bits per heavy atom. The first-order valence-electron chi connectivity index (χ1n) is 14.9. The number of thioether (sulfide) groups is 1. The van der Waals surface area contributed by atoms with Gasteiger partial charge in [-0.3, -0.25) is 4.79 Å². The number of nitrogens with zero attached hydrogens (tertiary/aromatic N) is 1. The van der Waals surface area contributed by atoms with Crippen LogP contribution in [0.5, 0.6) is 11.5 Å². The van der Waals surface area contributed by atoms with Gasteiger partial charge < -0.3 is 19.7 Å². The second kappa shape index (κ2) is 19.9. The first kappa shape index (κ1) is 34.1. The molecule has 0 radical (unpaired) electrons. The predicted octanol–water partition coefficient (Wildman–Crippen LogP) is 9.97. The number of unbranched alkanes of at least 4 members (excludes halogenated alkanes) is 11. The molecular formula is C33H49BrN2O3S. The van der Waals surface area contributed by atoms with Crippen molar-refractivity contribution >= 4 is 40.3 Å². The van der Waals surface area contributed by atoms with Crippen LogP contribution in [0.25, 0.3) is 0 Å². The minimum Gasteiger partial charge on any atom is -0.493 e. The lowest BCUT2D eigenvalue weighted by atomic mass is 10.1. The standard InChI is InChI=1S/C33H48N2O3S.BrH/c1-4-5-6-7-8-9-10-11-12-13-14-17-23-38-32-29(20-18-22-31(32)37-3)33(36)34-30-21-16-15-19-28(30)24-35-26-39-25-27(35)2;/h15-16,18-22,25H,4-14,17,23-24,26H2,1-3H3,(H,34,36);1H. The third-order valence-corrected chi connectivity index (χ3v) is 8.27. The van der Waals surface area contributed by atoms with Crippen molar-refractivity contribution in [3.63, 3.8) is 0 Å². The SMILES string of the molecule is Br.CCCCCCCCCCCCCCOc1c(OC)cccc1C(=O)Nc1ccccc1CN1CSC=C1C. The summed E-state index contributed by atoms with van der Waals surface area (Å²) >= 11 is 1.80. The molecule has 0 atom stereocenters. The summed E-state index contributed by atoms with van der Waals surface area (Å²) in [4.78, 5) is 15.7. The molecule has 2 aromatic rings. The summed E-state index contributed by atoms with van der Waals surface area (Å²) in [5, 5.41) is 5.31. The van der Waals surface area contributed by atoms with Gasteiger partial charge in [-0.05, 0) is 42.5 Å². The van der Waals surface area contributed by atoms with Gasteiger partial charge in [0.05, 0.1) is 25.2 Å². The maximum Gasteiger partial charge on any atom is 0.259 e. The maximum atomic E-state index is 13.4. The highest BCUT2D eigenvalue weighted by atomic mass is 79.9. The van der Waals surface area contributed by atoms with Gasteiger partial charge in [0.1, 0.15) is 0 Å². The second-order valence-electron chi connectivity index (χ2n) is 10.4. The summed E-state index contributed by atoms with van der Waals surface area (Å²) in [5.74, 6) is 1.85. The van der Waals surface area contributed by atoms with Crippen LogP contribution < -0.4 is 14.8 Å². The van der Waals surface area contributed by atoms with E-state index in [4.69, 9.17) is 9.47 Å². The van der Waals surface area contributed by atoms with Crippen LogP contribution in [0, 0.1) is 0 Å². The maximum absolute atomic E-state index is 13.4. The van der Waals surface area contributed by atoms with Crippen LogP contribution in [0.3, 0.4) is 0 Å². The van der Waals surface area contributed by atoms with Crippen molar-refractivity contribution in [1.82, 2.24) is 4.90 Å². The number of carbonyl (C=O) groups excluding carboxylic acids is 1. The zero-order chi connectivity index (χ0) is 27.7. The number of benzene rings is 2. The lowest BCUT2D eigenvalue weighted by Crippen LogP contribution is -2.20. The number of anilines is 1. The van der Waals surface area contributed by atoms with E-state index in [0.29, 0.717) is 23.7 Å². The van der Waals surface area contributed by atoms with E-state index in [2.05, 4.69) is 35.5 Å². The third kappa shape index (κ3) is 11.4. The molecule has 0 saturated heterocycles. The van der Waals surface area contributed by atoms with Gasteiger partial charge in [-0.1, -0.05) is 102 Å². The van der Waals surface area contributed by atoms with Gasteiger partial charge >= 0.3 is 0 Å². The van der Waals surface area contributed by atoms with E-state index in [1.54, 1.807) is 18.9 Å². The fourth-order valence-electron chi connectivity index (χ4n) is 4.89. The zero-order valence-electron chi connectivity index (χ0n) is 24.7. The largest absolute Gasteiger partial charge is 0.493 e. The molecule has 7 heteroatoms. The lowest BCUT2D eigenvalue weighted by molar-refractivity contribution is 0.102. The lowest BCUT2D eigenvalue weighted by Gasteiger charge is -2.21. The van der Waals surface area contributed by atoms with Crippen molar-refractivity contribution in [2.24, 2.45) is 0 Å². The molecule has 1 aliphatic rings. The Morgan fingerprint density at radius 2 is 1.55 bits per heavy atom. The van der Waals surface area contributed by atoms with Crippen molar-refractivity contribution in [1.29, 1.82) is 0 Å². The average Bonchev–Trinajstić information content (AvgIpc) is 3.36. The highest BCUT2D eigenvalue weighted by molar-refractivity contribution is 8.93. The van der Waals surface area contributed by atoms with E-state index in [1.807, 2.05) is 36.4 Å². The van der Waals surface area contributed by atoms with E-state index in [0.717, 1.165) is 36.5 Å². The Morgan fingerprint density at radius 1 is 0.900 bits per heavy atom. The number of para-hydroxylation sites is 2. The van der Waals surface area contributed by atoms with Crippen LogP contribution in [0.4, 0.5) is 5.69 Å². The third-order valence-electron chi connectivity index (χ3n) is 7.30. The van der Waals surface area contributed by atoms with Crippen LogP contribution in [-0.2, 0) is 6.54 Å². The number of hydrogen-bond acceptors (Lipinski definition) is 5. The Labute approximate surface area is 257 Å². The number of rotatable bonds is 19. The van der Waals surface area contributed by atoms with Crippen LogP contribution in [0.2, 0.25) is 0 Å². The molecule has 40 heavy (non-hydrogen) atoms. The smallest absolute Gasteiger partial charge is 0.259 e. The fraction of sp³-hybridized carbons (Fsp3) is 0.545. The number of hydrogen-bond donors (Lipinski definition) is 1. The molecule has 0 fully saturated rings. The molecule has 1 aliphatic heterocycles. The van der Waals surface area contributed by atoms with Gasteiger partial charge in [0, 0.05) is 17.9 Å². The molecule has 1 heterocycles. The monoisotopic (exact) mass is 632 g/mol. The minimum absolute atomic E-state index is 0. The first-order chi connectivity index (χ1) is 19.1. The summed E-state index contributed by atoms with van der Waals surface area (Å²) in [7, 11) is 1.62. The first-order valence-corrected chi connectivity index (χ1v) is 15.9. The molecule has 222 valence electrons. The molecule has 0 unspecified atom stereocenters. The molecule has 3 rings (SSSR count). The van der Waals surface area contributed by atoms with E-state index in [1.165, 1.54) is 69.9 Å². The highest BCUT2D eigenvalue weighted by Gasteiger charge is 2.19. The van der Waals surface area contributed by atoms with Gasteiger partial charge in [-0.25, -0.2) is 0 Å². The highest BCUT2D eigenvalue weighted by Crippen LogP contribution is 2.33. The molecule has 0 aliphatic carbocycles. The van der Waals surface area contributed by atoms with Crippen molar-refractivity contribution in [3.05, 3.63) is 64.7 Å². The van der Waals surface area contributed by atoms with Gasteiger partial charge in [0.2, 0.25) is 0 Å². The molecule has 1 amide bonds.